The van der Waals surface area contributed by atoms with Crippen molar-refractivity contribution in [2.24, 2.45) is 10.2 Å². The van der Waals surface area contributed by atoms with E-state index in [2.05, 4.69) is 49.1 Å². The second-order valence-electron chi connectivity index (χ2n) is 6.80. The highest BCUT2D eigenvalue weighted by atomic mass is 16.5. The highest BCUT2D eigenvalue weighted by Gasteiger charge is 2.12. The van der Waals surface area contributed by atoms with Crippen molar-refractivity contribution < 1.29 is 9.47 Å². The molecule has 1 saturated heterocycles. The number of morpholine rings is 1. The van der Waals surface area contributed by atoms with Gasteiger partial charge in [0, 0.05) is 33.7 Å². The first-order valence-electron chi connectivity index (χ1n) is 9.39. The summed E-state index contributed by atoms with van der Waals surface area (Å²) in [5.74, 6) is 0.730. The largest absolute Gasteiger partial charge is 0.462 e. The lowest BCUT2D eigenvalue weighted by atomic mass is 10.1. The van der Waals surface area contributed by atoms with Gasteiger partial charge in [0.1, 0.15) is 6.61 Å². The van der Waals surface area contributed by atoms with E-state index in [0.29, 0.717) is 19.1 Å². The SMILES string of the molecule is Cc1cccc(CN=Nc2nc(OCCN3CCOCC3)nc(N(C)C)n2)c1. The van der Waals surface area contributed by atoms with Crippen LogP contribution in [0.5, 0.6) is 6.01 Å². The molecule has 0 bridgehead atoms. The number of aromatic nitrogens is 3. The predicted octanol–water partition coefficient (Wildman–Crippen LogP) is 2.24. The fraction of sp³-hybridized carbons (Fsp3) is 0.526. The molecule has 3 rings (SSSR count). The van der Waals surface area contributed by atoms with Crippen LogP contribution >= 0.6 is 0 Å². The minimum absolute atomic E-state index is 0.243. The molecule has 0 radical (unpaired) electrons. The molecule has 1 aromatic heterocycles. The molecule has 0 spiro atoms. The van der Waals surface area contributed by atoms with Gasteiger partial charge in [0.15, 0.2) is 0 Å². The van der Waals surface area contributed by atoms with Gasteiger partial charge in [-0.25, -0.2) is 0 Å². The summed E-state index contributed by atoms with van der Waals surface area (Å²) in [5, 5.41) is 8.39. The van der Waals surface area contributed by atoms with Crippen molar-refractivity contribution in [1.29, 1.82) is 0 Å². The van der Waals surface area contributed by atoms with Gasteiger partial charge in [0.2, 0.25) is 5.95 Å². The number of aryl methyl sites for hydroxylation is 1. The van der Waals surface area contributed by atoms with Crippen LogP contribution in [0.3, 0.4) is 0 Å². The Morgan fingerprint density at radius 3 is 2.75 bits per heavy atom. The first kappa shape index (κ1) is 20.1. The van der Waals surface area contributed by atoms with Gasteiger partial charge in [-0.05, 0) is 12.5 Å². The van der Waals surface area contributed by atoms with Crippen molar-refractivity contribution in [3.05, 3.63) is 35.4 Å². The molecule has 0 amide bonds. The molecule has 9 heteroatoms. The van der Waals surface area contributed by atoms with E-state index in [0.717, 1.165) is 38.4 Å². The minimum atomic E-state index is 0.243. The van der Waals surface area contributed by atoms with Gasteiger partial charge in [-0.2, -0.15) is 20.1 Å². The van der Waals surface area contributed by atoms with Crippen LogP contribution in [0, 0.1) is 6.92 Å². The number of benzene rings is 1. The predicted molar refractivity (Wildman–Crippen MR) is 106 cm³/mol. The van der Waals surface area contributed by atoms with Gasteiger partial charge in [0.25, 0.3) is 5.95 Å². The highest BCUT2D eigenvalue weighted by Crippen LogP contribution is 2.16. The van der Waals surface area contributed by atoms with E-state index in [1.165, 1.54) is 5.56 Å². The van der Waals surface area contributed by atoms with Gasteiger partial charge in [-0.15, -0.1) is 5.11 Å². The molecular weight excluding hydrogens is 358 g/mol. The lowest BCUT2D eigenvalue weighted by Crippen LogP contribution is -2.38. The Balaban J connectivity index is 1.62. The average molecular weight is 385 g/mol. The molecule has 150 valence electrons. The summed E-state index contributed by atoms with van der Waals surface area (Å²) >= 11 is 0. The zero-order chi connectivity index (χ0) is 19.8. The number of rotatable bonds is 8. The lowest BCUT2D eigenvalue weighted by Gasteiger charge is -2.26. The van der Waals surface area contributed by atoms with Crippen molar-refractivity contribution in [2.45, 2.75) is 13.5 Å². The van der Waals surface area contributed by atoms with Crippen molar-refractivity contribution >= 4 is 11.9 Å². The monoisotopic (exact) mass is 385 g/mol. The third-order valence-corrected chi connectivity index (χ3v) is 4.23. The van der Waals surface area contributed by atoms with Crippen molar-refractivity contribution in [3.8, 4) is 6.01 Å². The molecule has 28 heavy (non-hydrogen) atoms. The molecule has 0 saturated carbocycles. The van der Waals surface area contributed by atoms with E-state index in [4.69, 9.17) is 9.47 Å². The molecule has 0 atom stereocenters. The van der Waals surface area contributed by atoms with Crippen LogP contribution < -0.4 is 9.64 Å². The first-order valence-corrected chi connectivity index (χ1v) is 9.39. The maximum Gasteiger partial charge on any atom is 0.323 e. The number of hydrogen-bond donors (Lipinski definition) is 0. The van der Waals surface area contributed by atoms with Crippen LogP contribution in [-0.2, 0) is 11.3 Å². The van der Waals surface area contributed by atoms with Crippen LogP contribution in [0.4, 0.5) is 11.9 Å². The number of hydrogen-bond acceptors (Lipinski definition) is 9. The third-order valence-electron chi connectivity index (χ3n) is 4.23. The maximum atomic E-state index is 5.75. The summed E-state index contributed by atoms with van der Waals surface area (Å²) in [5.41, 5.74) is 2.28. The molecule has 2 aromatic rings. The summed E-state index contributed by atoms with van der Waals surface area (Å²) < 4.78 is 11.1. The molecular formula is C19H27N7O2. The third kappa shape index (κ3) is 6.21. The Morgan fingerprint density at radius 2 is 2.00 bits per heavy atom. The van der Waals surface area contributed by atoms with Crippen LogP contribution in [-0.4, -0.2) is 73.4 Å². The Labute approximate surface area is 165 Å². The Hall–Kier alpha value is -2.65. The molecule has 9 nitrogen and oxygen atoms in total. The number of ether oxygens (including phenoxy) is 2. The summed E-state index contributed by atoms with van der Waals surface area (Å²) in [6, 6.07) is 8.42. The molecule has 1 aliphatic rings. The molecule has 2 heterocycles. The van der Waals surface area contributed by atoms with E-state index in [1.54, 1.807) is 4.90 Å². The normalized spacial score (nSPS) is 15.1. The van der Waals surface area contributed by atoms with Crippen molar-refractivity contribution in [1.82, 2.24) is 19.9 Å². The Kier molecular flexibility index (Phi) is 7.21. The highest BCUT2D eigenvalue weighted by molar-refractivity contribution is 5.33. The van der Waals surface area contributed by atoms with E-state index in [-0.39, 0.29) is 12.0 Å². The number of azo groups is 1. The van der Waals surface area contributed by atoms with Crippen molar-refractivity contribution in [3.63, 3.8) is 0 Å². The topological polar surface area (TPSA) is 88.3 Å². The Bertz CT molecular complexity index is 792. The van der Waals surface area contributed by atoms with E-state index in [1.807, 2.05) is 26.2 Å². The molecule has 1 fully saturated rings. The fourth-order valence-electron chi connectivity index (χ4n) is 2.73. The van der Waals surface area contributed by atoms with Gasteiger partial charge in [-0.3, -0.25) is 4.90 Å². The molecule has 0 unspecified atom stereocenters. The van der Waals surface area contributed by atoms with E-state index < -0.39 is 0 Å². The summed E-state index contributed by atoms with van der Waals surface area (Å²) in [6.07, 6.45) is 0. The second kappa shape index (κ2) is 10.0. The number of nitrogens with zero attached hydrogens (tertiary/aromatic N) is 7. The van der Waals surface area contributed by atoms with Crippen molar-refractivity contribution in [2.75, 3.05) is 58.5 Å². The molecule has 0 aliphatic carbocycles. The summed E-state index contributed by atoms with van der Waals surface area (Å²) in [4.78, 5) is 17.0. The fourth-order valence-corrected chi connectivity index (χ4v) is 2.73. The number of anilines is 1. The molecule has 1 aromatic carbocycles. The van der Waals surface area contributed by atoms with Crippen LogP contribution in [0.1, 0.15) is 11.1 Å². The van der Waals surface area contributed by atoms with Gasteiger partial charge < -0.3 is 14.4 Å². The quantitative estimate of drug-likeness (QED) is 0.644. The molecule has 1 aliphatic heterocycles. The van der Waals surface area contributed by atoms with Gasteiger partial charge in [-0.1, -0.05) is 29.8 Å². The summed E-state index contributed by atoms with van der Waals surface area (Å²) in [6.45, 7) is 7.19. The first-order chi connectivity index (χ1) is 13.6. The van der Waals surface area contributed by atoms with Gasteiger partial charge >= 0.3 is 6.01 Å². The van der Waals surface area contributed by atoms with Gasteiger partial charge in [0.05, 0.1) is 19.8 Å². The van der Waals surface area contributed by atoms with E-state index in [9.17, 15) is 0 Å². The van der Waals surface area contributed by atoms with E-state index >= 15 is 0 Å². The zero-order valence-corrected chi connectivity index (χ0v) is 16.7. The summed E-state index contributed by atoms with van der Waals surface area (Å²) in [7, 11) is 3.72. The smallest absolute Gasteiger partial charge is 0.323 e. The van der Waals surface area contributed by atoms with Crippen LogP contribution in [0.25, 0.3) is 0 Å². The van der Waals surface area contributed by atoms with Crippen LogP contribution in [0.15, 0.2) is 34.5 Å². The Morgan fingerprint density at radius 1 is 1.18 bits per heavy atom. The maximum absolute atomic E-state index is 5.75. The molecule has 0 N–H and O–H groups in total. The average Bonchev–Trinajstić information content (AvgIpc) is 2.69. The van der Waals surface area contributed by atoms with Crippen LogP contribution in [0.2, 0.25) is 0 Å². The minimum Gasteiger partial charge on any atom is -0.462 e. The zero-order valence-electron chi connectivity index (χ0n) is 16.7. The lowest BCUT2D eigenvalue weighted by molar-refractivity contribution is 0.0317. The standard InChI is InChI=1S/C19H27N7O2/c1-15-5-4-6-16(13-15)14-20-24-17-21-18(25(2)3)23-19(22-17)28-12-9-26-7-10-27-11-8-26/h4-6,13H,7-12,14H2,1-3H3. The second-order valence-corrected chi connectivity index (χ2v) is 6.80.